The zero-order valence-corrected chi connectivity index (χ0v) is 11.5. The topological polar surface area (TPSA) is 16.1 Å². The molecule has 2 nitrogen and oxygen atoms in total. The van der Waals surface area contributed by atoms with E-state index in [4.69, 9.17) is 16.6 Å². The molecule has 0 aliphatic heterocycles. The number of nitrogens with zero attached hydrogens (tertiary/aromatic N) is 2. The van der Waals surface area contributed by atoms with E-state index in [2.05, 4.69) is 30.9 Å². The van der Waals surface area contributed by atoms with Crippen LogP contribution in [0.3, 0.4) is 0 Å². The molecule has 1 aromatic rings. The van der Waals surface area contributed by atoms with E-state index in [-0.39, 0.29) is 0 Å². The summed E-state index contributed by atoms with van der Waals surface area (Å²) in [6.07, 6.45) is 4.62. The normalized spacial score (nSPS) is 14.1. The lowest BCUT2D eigenvalue weighted by atomic mass is 10.2. The maximum Gasteiger partial charge on any atom is 0.129 e. The van der Waals surface area contributed by atoms with Crippen molar-refractivity contribution in [3.05, 3.63) is 23.4 Å². The summed E-state index contributed by atoms with van der Waals surface area (Å²) in [5.41, 5.74) is 2.74. The molecule has 0 saturated carbocycles. The highest BCUT2D eigenvalue weighted by molar-refractivity contribution is 6.17. The van der Waals surface area contributed by atoms with Crippen LogP contribution in [0.1, 0.15) is 37.9 Å². The molecule has 0 saturated heterocycles. The Kier molecular flexibility index (Phi) is 4.27. The van der Waals surface area contributed by atoms with Gasteiger partial charge in [0.25, 0.3) is 0 Å². The average Bonchev–Trinajstić information content (AvgIpc) is 2.76. The third kappa shape index (κ3) is 2.92. The van der Waals surface area contributed by atoms with E-state index in [1.807, 2.05) is 0 Å². The molecule has 2 rings (SSSR count). The van der Waals surface area contributed by atoms with E-state index >= 15 is 0 Å². The Bertz CT molecular complexity index is 376. The van der Waals surface area contributed by atoms with Crippen LogP contribution < -0.4 is 4.90 Å². The summed E-state index contributed by atoms with van der Waals surface area (Å²) in [6.45, 7) is 5.42. The van der Waals surface area contributed by atoms with Crippen molar-refractivity contribution in [2.75, 3.05) is 17.3 Å². The number of hydrogen-bond acceptors (Lipinski definition) is 2. The zero-order valence-electron chi connectivity index (χ0n) is 10.7. The number of hydrogen-bond donors (Lipinski definition) is 0. The highest BCUT2D eigenvalue weighted by atomic mass is 35.5. The first-order valence-electron chi connectivity index (χ1n) is 6.53. The smallest absolute Gasteiger partial charge is 0.129 e. The minimum atomic E-state index is 0.477. The van der Waals surface area contributed by atoms with Gasteiger partial charge in [-0.2, -0.15) is 0 Å². The molecular formula is C14H21ClN2. The number of alkyl halides is 1. The standard InChI is InChI=1S/C14H21ClN2/c1-11(2)17(10-4-9-15)14-8-7-12-5-3-6-13(12)16-14/h7-8,11H,3-6,9-10H2,1-2H3. The molecule has 0 aromatic carbocycles. The van der Waals surface area contributed by atoms with Gasteiger partial charge in [-0.1, -0.05) is 6.07 Å². The van der Waals surface area contributed by atoms with Crippen LogP contribution in [-0.2, 0) is 12.8 Å². The van der Waals surface area contributed by atoms with E-state index in [0.29, 0.717) is 11.9 Å². The summed E-state index contributed by atoms with van der Waals surface area (Å²) in [4.78, 5) is 7.16. The Morgan fingerprint density at radius 1 is 1.35 bits per heavy atom. The molecule has 1 aromatic heterocycles. The lowest BCUT2D eigenvalue weighted by Crippen LogP contribution is -2.32. The summed E-state index contributed by atoms with van der Waals surface area (Å²) in [6, 6.07) is 4.89. The highest BCUT2D eigenvalue weighted by Gasteiger charge is 2.16. The molecule has 0 fully saturated rings. The summed E-state index contributed by atoms with van der Waals surface area (Å²) in [7, 11) is 0. The van der Waals surface area contributed by atoms with E-state index in [9.17, 15) is 0 Å². The molecule has 1 heterocycles. The first-order valence-corrected chi connectivity index (χ1v) is 7.07. The van der Waals surface area contributed by atoms with Crippen LogP contribution in [0.15, 0.2) is 12.1 Å². The Hall–Kier alpha value is -0.760. The first kappa shape index (κ1) is 12.7. The molecule has 0 radical (unpaired) electrons. The Balaban J connectivity index is 2.17. The Labute approximate surface area is 109 Å². The molecule has 0 amide bonds. The van der Waals surface area contributed by atoms with Gasteiger partial charge in [-0.15, -0.1) is 11.6 Å². The predicted octanol–water partition coefficient (Wildman–Crippen LogP) is 3.41. The number of halogens is 1. The SMILES string of the molecule is CC(C)N(CCCCl)c1ccc2c(n1)CCC2. The summed E-state index contributed by atoms with van der Waals surface area (Å²) < 4.78 is 0. The summed E-state index contributed by atoms with van der Waals surface area (Å²) in [5.74, 6) is 1.83. The molecule has 0 atom stereocenters. The van der Waals surface area contributed by atoms with Crippen molar-refractivity contribution in [2.24, 2.45) is 0 Å². The molecule has 0 spiro atoms. The number of fused-ring (bicyclic) bond motifs is 1. The number of aryl methyl sites for hydroxylation is 2. The van der Waals surface area contributed by atoms with Crippen LogP contribution in [0.2, 0.25) is 0 Å². The second kappa shape index (κ2) is 5.72. The molecule has 17 heavy (non-hydrogen) atoms. The van der Waals surface area contributed by atoms with Crippen molar-refractivity contribution >= 4 is 17.4 Å². The predicted molar refractivity (Wildman–Crippen MR) is 74.1 cm³/mol. The van der Waals surface area contributed by atoms with Crippen molar-refractivity contribution in [1.29, 1.82) is 0 Å². The fourth-order valence-corrected chi connectivity index (χ4v) is 2.56. The van der Waals surface area contributed by atoms with Crippen molar-refractivity contribution in [1.82, 2.24) is 4.98 Å². The molecule has 3 heteroatoms. The number of rotatable bonds is 5. The molecule has 1 aliphatic rings. The van der Waals surface area contributed by atoms with E-state index in [1.54, 1.807) is 0 Å². The van der Waals surface area contributed by atoms with Gasteiger partial charge in [0.05, 0.1) is 0 Å². The average molecular weight is 253 g/mol. The van der Waals surface area contributed by atoms with Gasteiger partial charge in [0.2, 0.25) is 0 Å². The van der Waals surface area contributed by atoms with E-state index in [1.165, 1.54) is 24.1 Å². The summed E-state index contributed by atoms with van der Waals surface area (Å²) >= 11 is 5.78. The van der Waals surface area contributed by atoms with Crippen LogP contribution in [0.25, 0.3) is 0 Å². The molecule has 0 unspecified atom stereocenters. The Morgan fingerprint density at radius 2 is 2.18 bits per heavy atom. The first-order chi connectivity index (χ1) is 8.22. The van der Waals surface area contributed by atoms with Crippen LogP contribution >= 0.6 is 11.6 Å². The monoisotopic (exact) mass is 252 g/mol. The molecular weight excluding hydrogens is 232 g/mol. The molecule has 94 valence electrons. The minimum Gasteiger partial charge on any atom is -0.354 e. The maximum absolute atomic E-state index is 5.78. The highest BCUT2D eigenvalue weighted by Crippen LogP contribution is 2.24. The zero-order chi connectivity index (χ0) is 12.3. The van der Waals surface area contributed by atoms with Crippen LogP contribution in [0.4, 0.5) is 5.82 Å². The van der Waals surface area contributed by atoms with Crippen LogP contribution in [-0.4, -0.2) is 23.5 Å². The van der Waals surface area contributed by atoms with Crippen molar-refractivity contribution < 1.29 is 0 Å². The number of pyridine rings is 1. The van der Waals surface area contributed by atoms with Crippen molar-refractivity contribution in [2.45, 2.75) is 45.6 Å². The van der Waals surface area contributed by atoms with Gasteiger partial charge in [-0.05, 0) is 51.2 Å². The van der Waals surface area contributed by atoms with Gasteiger partial charge < -0.3 is 4.90 Å². The lowest BCUT2D eigenvalue weighted by molar-refractivity contribution is 0.662. The minimum absolute atomic E-state index is 0.477. The summed E-state index contributed by atoms with van der Waals surface area (Å²) in [5, 5.41) is 0. The van der Waals surface area contributed by atoms with Gasteiger partial charge in [0.15, 0.2) is 0 Å². The maximum atomic E-state index is 5.78. The quantitative estimate of drug-likeness (QED) is 0.747. The largest absolute Gasteiger partial charge is 0.354 e. The second-order valence-corrected chi connectivity index (χ2v) is 5.34. The fourth-order valence-electron chi connectivity index (χ4n) is 2.44. The van der Waals surface area contributed by atoms with E-state index < -0.39 is 0 Å². The fraction of sp³-hybridized carbons (Fsp3) is 0.643. The number of aromatic nitrogens is 1. The van der Waals surface area contributed by atoms with Gasteiger partial charge in [-0.25, -0.2) is 4.98 Å². The molecule has 0 N–H and O–H groups in total. The molecule has 1 aliphatic carbocycles. The van der Waals surface area contributed by atoms with Crippen LogP contribution in [0.5, 0.6) is 0 Å². The molecule has 0 bridgehead atoms. The van der Waals surface area contributed by atoms with Gasteiger partial charge in [0, 0.05) is 24.2 Å². The lowest BCUT2D eigenvalue weighted by Gasteiger charge is -2.28. The van der Waals surface area contributed by atoms with Crippen molar-refractivity contribution in [3.63, 3.8) is 0 Å². The van der Waals surface area contributed by atoms with Crippen molar-refractivity contribution in [3.8, 4) is 0 Å². The third-order valence-corrected chi connectivity index (χ3v) is 3.63. The number of anilines is 1. The van der Waals surface area contributed by atoms with Gasteiger partial charge in [-0.3, -0.25) is 0 Å². The van der Waals surface area contributed by atoms with Gasteiger partial charge >= 0.3 is 0 Å². The van der Waals surface area contributed by atoms with E-state index in [0.717, 1.165) is 25.2 Å². The van der Waals surface area contributed by atoms with Gasteiger partial charge in [0.1, 0.15) is 5.82 Å². The Morgan fingerprint density at radius 3 is 2.88 bits per heavy atom. The third-order valence-electron chi connectivity index (χ3n) is 3.36. The second-order valence-electron chi connectivity index (χ2n) is 4.96. The van der Waals surface area contributed by atoms with Crippen LogP contribution in [0, 0.1) is 0 Å².